The lowest BCUT2D eigenvalue weighted by Crippen LogP contribution is -2.52. The van der Waals surface area contributed by atoms with Gasteiger partial charge in [0.15, 0.2) is 11.5 Å². The molecule has 0 spiro atoms. The van der Waals surface area contributed by atoms with Gasteiger partial charge in [-0.05, 0) is 59.6 Å². The van der Waals surface area contributed by atoms with Crippen LogP contribution in [0.4, 0.5) is 0 Å². The van der Waals surface area contributed by atoms with Gasteiger partial charge in [0.2, 0.25) is 0 Å². The van der Waals surface area contributed by atoms with E-state index in [9.17, 15) is 4.79 Å². The summed E-state index contributed by atoms with van der Waals surface area (Å²) in [5, 5.41) is 12.0. The third-order valence-electron chi connectivity index (χ3n) is 5.30. The second kappa shape index (κ2) is 8.55. The third kappa shape index (κ3) is 4.01. The van der Waals surface area contributed by atoms with Crippen LogP contribution in [0.15, 0.2) is 39.4 Å². The van der Waals surface area contributed by atoms with Crippen molar-refractivity contribution in [3.63, 3.8) is 0 Å². The molecule has 4 rings (SSSR count). The number of carbonyl (C=O) groups excluding carboxylic acids is 1. The molecule has 1 aliphatic heterocycles. The molecule has 30 heavy (non-hydrogen) atoms. The van der Waals surface area contributed by atoms with Gasteiger partial charge in [-0.15, -0.1) is 0 Å². The molecule has 6 nitrogen and oxygen atoms in total. The van der Waals surface area contributed by atoms with Crippen LogP contribution in [0.2, 0.25) is 15.1 Å². The maximum absolute atomic E-state index is 13.2. The maximum Gasteiger partial charge on any atom is 0.287 e. The molecule has 0 radical (unpaired) electrons. The number of furan rings is 1. The molecule has 1 aromatic carbocycles. The Morgan fingerprint density at radius 3 is 2.57 bits per heavy atom. The van der Waals surface area contributed by atoms with Crippen LogP contribution in [0.1, 0.15) is 29.0 Å². The Balaban J connectivity index is 1.67. The predicted molar refractivity (Wildman–Crippen MR) is 121 cm³/mol. The van der Waals surface area contributed by atoms with Gasteiger partial charge in [-0.3, -0.25) is 9.48 Å². The number of amides is 1. The standard InChI is InChI=1S/C20H18BrCl3N4O2/c1-28-17(15(24)10-26-28)18-12(21)9-16(30-18)19(29)27-20(4-6-25-7-5-20)11-2-3-13(22)14(23)8-11/h2-3,8-10,25H,4-7H2,1H3,(H,27,29). The topological polar surface area (TPSA) is 72.1 Å². The highest BCUT2D eigenvalue weighted by Crippen LogP contribution is 2.37. The minimum atomic E-state index is -0.583. The van der Waals surface area contributed by atoms with E-state index in [1.807, 2.05) is 12.1 Å². The summed E-state index contributed by atoms with van der Waals surface area (Å²) < 4.78 is 8.09. The summed E-state index contributed by atoms with van der Waals surface area (Å²) in [5.74, 6) is 0.291. The second-order valence-electron chi connectivity index (χ2n) is 7.17. The minimum Gasteiger partial charge on any atom is -0.448 e. The van der Waals surface area contributed by atoms with Gasteiger partial charge < -0.3 is 15.1 Å². The molecule has 1 saturated heterocycles. The van der Waals surface area contributed by atoms with Gasteiger partial charge in [-0.2, -0.15) is 5.10 Å². The number of aromatic nitrogens is 2. The summed E-state index contributed by atoms with van der Waals surface area (Å²) in [6.07, 6.45) is 2.94. The zero-order chi connectivity index (χ0) is 21.5. The molecule has 158 valence electrons. The molecule has 10 heteroatoms. The van der Waals surface area contributed by atoms with Gasteiger partial charge in [-0.25, -0.2) is 0 Å². The van der Waals surface area contributed by atoms with E-state index in [1.54, 1.807) is 23.9 Å². The first kappa shape index (κ1) is 21.7. The van der Waals surface area contributed by atoms with Crippen molar-refractivity contribution in [1.82, 2.24) is 20.4 Å². The van der Waals surface area contributed by atoms with Crippen molar-refractivity contribution in [3.05, 3.63) is 61.3 Å². The van der Waals surface area contributed by atoms with Gasteiger partial charge in [0, 0.05) is 13.1 Å². The van der Waals surface area contributed by atoms with E-state index in [-0.39, 0.29) is 11.7 Å². The molecule has 2 aromatic heterocycles. The van der Waals surface area contributed by atoms with Crippen LogP contribution in [0.3, 0.4) is 0 Å². The van der Waals surface area contributed by atoms with Gasteiger partial charge in [0.05, 0.1) is 31.3 Å². The number of hydrogen-bond acceptors (Lipinski definition) is 4. The Kier molecular flexibility index (Phi) is 6.19. The lowest BCUT2D eigenvalue weighted by Gasteiger charge is -2.39. The SMILES string of the molecule is Cn1ncc(Cl)c1-c1oc(C(=O)NC2(c3ccc(Cl)c(Cl)c3)CCNCC2)cc1Br. The van der Waals surface area contributed by atoms with E-state index in [1.165, 1.54) is 6.20 Å². The summed E-state index contributed by atoms with van der Waals surface area (Å²) in [6.45, 7) is 1.52. The first-order valence-corrected chi connectivity index (χ1v) is 11.2. The van der Waals surface area contributed by atoms with E-state index in [2.05, 4.69) is 31.7 Å². The third-order valence-corrected chi connectivity index (χ3v) is 6.91. The molecular formula is C20H18BrCl3N4O2. The van der Waals surface area contributed by atoms with Gasteiger partial charge in [-0.1, -0.05) is 40.9 Å². The fraction of sp³-hybridized carbons (Fsp3) is 0.300. The highest BCUT2D eigenvalue weighted by Gasteiger charge is 2.37. The fourth-order valence-electron chi connectivity index (χ4n) is 3.72. The Morgan fingerprint density at radius 2 is 1.93 bits per heavy atom. The lowest BCUT2D eigenvalue weighted by molar-refractivity contribution is 0.0844. The Morgan fingerprint density at radius 1 is 1.20 bits per heavy atom. The number of carbonyl (C=O) groups is 1. The van der Waals surface area contributed by atoms with Crippen molar-refractivity contribution in [3.8, 4) is 11.5 Å². The number of rotatable bonds is 4. The minimum absolute atomic E-state index is 0.173. The number of aryl methyl sites for hydroxylation is 1. The van der Waals surface area contributed by atoms with Crippen LogP contribution < -0.4 is 10.6 Å². The van der Waals surface area contributed by atoms with Crippen LogP contribution in [-0.2, 0) is 12.6 Å². The van der Waals surface area contributed by atoms with Crippen molar-refractivity contribution in [2.45, 2.75) is 18.4 Å². The molecule has 3 aromatic rings. The van der Waals surface area contributed by atoms with Crippen LogP contribution in [0, 0.1) is 0 Å². The van der Waals surface area contributed by atoms with Gasteiger partial charge in [0.25, 0.3) is 5.91 Å². The Bertz CT molecular complexity index is 1090. The molecule has 0 bridgehead atoms. The quantitative estimate of drug-likeness (QED) is 0.471. The summed E-state index contributed by atoms with van der Waals surface area (Å²) >= 11 is 22.0. The van der Waals surface area contributed by atoms with Crippen molar-refractivity contribution < 1.29 is 9.21 Å². The Labute approximate surface area is 197 Å². The highest BCUT2D eigenvalue weighted by molar-refractivity contribution is 9.10. The van der Waals surface area contributed by atoms with Crippen molar-refractivity contribution in [2.24, 2.45) is 7.05 Å². The zero-order valence-electron chi connectivity index (χ0n) is 15.9. The molecule has 0 aliphatic carbocycles. The summed E-state index contributed by atoms with van der Waals surface area (Å²) in [4.78, 5) is 13.2. The van der Waals surface area contributed by atoms with E-state index in [0.717, 1.165) is 18.7 Å². The van der Waals surface area contributed by atoms with Crippen molar-refractivity contribution in [1.29, 1.82) is 0 Å². The highest BCUT2D eigenvalue weighted by atomic mass is 79.9. The van der Waals surface area contributed by atoms with Crippen LogP contribution in [0.25, 0.3) is 11.5 Å². The molecule has 0 saturated carbocycles. The summed E-state index contributed by atoms with van der Waals surface area (Å²) in [6, 6.07) is 7.10. The monoisotopic (exact) mass is 530 g/mol. The molecule has 2 N–H and O–H groups in total. The molecule has 1 aliphatic rings. The molecule has 1 fully saturated rings. The van der Waals surface area contributed by atoms with Gasteiger partial charge >= 0.3 is 0 Å². The van der Waals surface area contributed by atoms with E-state index >= 15 is 0 Å². The summed E-state index contributed by atoms with van der Waals surface area (Å²) in [5.41, 5.74) is 0.913. The van der Waals surface area contributed by atoms with Crippen LogP contribution in [0.5, 0.6) is 0 Å². The molecular weight excluding hydrogens is 515 g/mol. The van der Waals surface area contributed by atoms with Gasteiger partial charge in [0.1, 0.15) is 5.69 Å². The van der Waals surface area contributed by atoms with Crippen molar-refractivity contribution in [2.75, 3.05) is 13.1 Å². The number of halogens is 4. The molecule has 1 amide bonds. The maximum atomic E-state index is 13.2. The fourth-order valence-corrected chi connectivity index (χ4v) is 4.75. The number of nitrogens with one attached hydrogen (secondary N) is 2. The molecule has 0 unspecified atom stereocenters. The second-order valence-corrected chi connectivity index (χ2v) is 9.24. The number of nitrogens with zero attached hydrogens (tertiary/aromatic N) is 2. The average molecular weight is 533 g/mol. The van der Waals surface area contributed by atoms with Crippen LogP contribution in [-0.4, -0.2) is 28.8 Å². The molecule has 3 heterocycles. The zero-order valence-corrected chi connectivity index (χ0v) is 19.8. The lowest BCUT2D eigenvalue weighted by atomic mass is 9.81. The van der Waals surface area contributed by atoms with E-state index < -0.39 is 5.54 Å². The predicted octanol–water partition coefficient (Wildman–Crippen LogP) is 5.41. The van der Waals surface area contributed by atoms with E-state index in [0.29, 0.717) is 43.8 Å². The van der Waals surface area contributed by atoms with Crippen molar-refractivity contribution >= 4 is 56.6 Å². The van der Waals surface area contributed by atoms with E-state index in [4.69, 9.17) is 39.2 Å². The summed E-state index contributed by atoms with van der Waals surface area (Å²) in [7, 11) is 1.75. The Hall–Kier alpha value is -1.51. The molecule has 0 atom stereocenters. The number of hydrogen-bond donors (Lipinski definition) is 2. The smallest absolute Gasteiger partial charge is 0.287 e. The number of piperidine rings is 1. The largest absolute Gasteiger partial charge is 0.448 e. The first-order chi connectivity index (χ1) is 14.3. The van der Waals surface area contributed by atoms with Crippen LogP contribution >= 0.6 is 50.7 Å². The normalized spacial score (nSPS) is 15.9. The average Bonchev–Trinajstić information content (AvgIpc) is 3.26. The first-order valence-electron chi connectivity index (χ1n) is 9.27. The number of benzene rings is 1.